The maximum Gasteiger partial charge on any atom is 0.332 e. The van der Waals surface area contributed by atoms with E-state index >= 15 is 0 Å². The van der Waals surface area contributed by atoms with Gasteiger partial charge in [-0.05, 0) is 6.42 Å². The lowest BCUT2D eigenvalue weighted by atomic mass is 10.4. The Kier molecular flexibility index (Phi) is 4.59. The molecule has 0 aliphatic rings. The quantitative estimate of drug-likeness (QED) is 0.768. The normalized spacial score (nSPS) is 11.4. The van der Waals surface area contributed by atoms with Gasteiger partial charge in [-0.3, -0.25) is 13.9 Å². The maximum absolute atomic E-state index is 12.5. The highest BCUT2D eigenvalue weighted by atomic mass is 16.5. The maximum atomic E-state index is 12.5. The van der Waals surface area contributed by atoms with Crippen LogP contribution in [0.25, 0.3) is 11.2 Å². The van der Waals surface area contributed by atoms with Crippen LogP contribution in [0.4, 0.5) is 0 Å². The van der Waals surface area contributed by atoms with Crippen molar-refractivity contribution in [1.29, 1.82) is 0 Å². The van der Waals surface area contributed by atoms with E-state index in [0.29, 0.717) is 23.5 Å². The minimum atomic E-state index is -0.359. The van der Waals surface area contributed by atoms with Gasteiger partial charge in [0.05, 0.1) is 0 Å². The van der Waals surface area contributed by atoms with E-state index in [9.17, 15) is 9.59 Å². The van der Waals surface area contributed by atoms with Gasteiger partial charge in [0.2, 0.25) is 0 Å². The SMILES string of the molecule is CCCn1c(=O)n(CCN)c(=O)c2c1nc(COC)n2C. The van der Waals surface area contributed by atoms with Crippen molar-refractivity contribution in [3.63, 3.8) is 0 Å². The number of fused-ring (bicyclic) bond motifs is 1. The first kappa shape index (κ1) is 15.5. The molecule has 2 rings (SSSR count). The van der Waals surface area contributed by atoms with Gasteiger partial charge in [0.15, 0.2) is 11.2 Å². The molecule has 0 unspecified atom stereocenters. The third-order valence-electron chi connectivity index (χ3n) is 3.41. The molecule has 0 bridgehead atoms. The molecule has 8 nitrogen and oxygen atoms in total. The number of hydrogen-bond acceptors (Lipinski definition) is 5. The number of hydrogen-bond donors (Lipinski definition) is 1. The summed E-state index contributed by atoms with van der Waals surface area (Å²) < 4.78 is 9.48. The highest BCUT2D eigenvalue weighted by molar-refractivity contribution is 5.71. The summed E-state index contributed by atoms with van der Waals surface area (Å²) in [4.78, 5) is 29.4. The van der Waals surface area contributed by atoms with E-state index < -0.39 is 0 Å². The molecule has 0 aliphatic carbocycles. The summed E-state index contributed by atoms with van der Waals surface area (Å²) in [5, 5.41) is 0. The first-order valence-corrected chi connectivity index (χ1v) is 6.94. The molecule has 0 saturated carbocycles. The van der Waals surface area contributed by atoms with E-state index in [1.54, 1.807) is 18.7 Å². The van der Waals surface area contributed by atoms with Crippen LogP contribution in [0.5, 0.6) is 0 Å². The molecule has 2 heterocycles. The minimum absolute atomic E-state index is 0.197. The molecule has 2 N–H and O–H groups in total. The van der Waals surface area contributed by atoms with Crippen LogP contribution in [0.15, 0.2) is 9.59 Å². The molecule has 0 amide bonds. The molecule has 2 aromatic rings. The molecule has 0 saturated heterocycles. The first-order chi connectivity index (χ1) is 10.1. The Morgan fingerprint density at radius 1 is 1.24 bits per heavy atom. The molecular formula is C13H21N5O3. The van der Waals surface area contributed by atoms with E-state index in [2.05, 4.69) is 4.98 Å². The lowest BCUT2D eigenvalue weighted by molar-refractivity contribution is 0.175. The van der Waals surface area contributed by atoms with Crippen molar-refractivity contribution in [3.05, 3.63) is 26.7 Å². The Morgan fingerprint density at radius 2 is 1.95 bits per heavy atom. The summed E-state index contributed by atoms with van der Waals surface area (Å²) >= 11 is 0. The predicted octanol–water partition coefficient (Wildman–Crippen LogP) is -0.588. The second-order valence-corrected chi connectivity index (χ2v) is 4.87. The molecule has 116 valence electrons. The van der Waals surface area contributed by atoms with Gasteiger partial charge in [-0.2, -0.15) is 0 Å². The number of methoxy groups -OCH3 is 1. The van der Waals surface area contributed by atoms with Crippen LogP contribution in [0.2, 0.25) is 0 Å². The summed E-state index contributed by atoms with van der Waals surface area (Å²) in [6.45, 7) is 3.18. The monoisotopic (exact) mass is 295 g/mol. The summed E-state index contributed by atoms with van der Waals surface area (Å²) in [7, 11) is 3.31. The van der Waals surface area contributed by atoms with Gasteiger partial charge >= 0.3 is 5.69 Å². The van der Waals surface area contributed by atoms with Gasteiger partial charge in [-0.15, -0.1) is 0 Å². The predicted molar refractivity (Wildman–Crippen MR) is 79.3 cm³/mol. The molecule has 21 heavy (non-hydrogen) atoms. The van der Waals surface area contributed by atoms with Crippen molar-refractivity contribution < 1.29 is 4.74 Å². The van der Waals surface area contributed by atoms with Gasteiger partial charge in [0.1, 0.15) is 12.4 Å². The number of rotatable bonds is 6. The molecule has 0 fully saturated rings. The lowest BCUT2D eigenvalue weighted by Gasteiger charge is -2.10. The minimum Gasteiger partial charge on any atom is -0.377 e. The Hall–Kier alpha value is -1.93. The number of nitrogens with two attached hydrogens (primary N) is 1. The van der Waals surface area contributed by atoms with Crippen LogP contribution in [-0.4, -0.2) is 32.3 Å². The Morgan fingerprint density at radius 3 is 2.52 bits per heavy atom. The van der Waals surface area contributed by atoms with Crippen molar-refractivity contribution in [2.45, 2.75) is 33.0 Å². The van der Waals surface area contributed by atoms with Crippen molar-refractivity contribution in [3.8, 4) is 0 Å². The molecular weight excluding hydrogens is 274 g/mol. The van der Waals surface area contributed by atoms with Crippen LogP contribution >= 0.6 is 0 Å². The average molecular weight is 295 g/mol. The zero-order valence-electron chi connectivity index (χ0n) is 12.6. The van der Waals surface area contributed by atoms with Crippen molar-refractivity contribution >= 4 is 11.2 Å². The Bertz CT molecular complexity index is 756. The highest BCUT2D eigenvalue weighted by Crippen LogP contribution is 2.11. The summed E-state index contributed by atoms with van der Waals surface area (Å²) in [6, 6.07) is 0. The largest absolute Gasteiger partial charge is 0.377 e. The van der Waals surface area contributed by atoms with Crippen LogP contribution in [0.3, 0.4) is 0 Å². The zero-order chi connectivity index (χ0) is 15.6. The lowest BCUT2D eigenvalue weighted by Crippen LogP contribution is -2.42. The summed E-state index contributed by atoms with van der Waals surface area (Å²) in [5.74, 6) is 0.611. The molecule has 8 heteroatoms. The topological polar surface area (TPSA) is 97.1 Å². The number of nitrogens with zero attached hydrogens (tertiary/aromatic N) is 4. The Balaban J connectivity index is 2.87. The van der Waals surface area contributed by atoms with Gasteiger partial charge in [-0.25, -0.2) is 9.78 Å². The molecule has 0 aliphatic heterocycles. The van der Waals surface area contributed by atoms with Crippen LogP contribution < -0.4 is 17.0 Å². The number of imidazole rings is 1. The number of ether oxygens (including phenoxy) is 1. The molecule has 0 atom stereocenters. The third-order valence-corrected chi connectivity index (χ3v) is 3.41. The second kappa shape index (κ2) is 6.23. The fourth-order valence-electron chi connectivity index (χ4n) is 2.42. The number of aromatic nitrogens is 4. The smallest absolute Gasteiger partial charge is 0.332 e. The fourth-order valence-corrected chi connectivity index (χ4v) is 2.42. The summed E-state index contributed by atoms with van der Waals surface area (Å²) in [6.07, 6.45) is 0.770. The van der Waals surface area contributed by atoms with E-state index in [4.69, 9.17) is 10.5 Å². The van der Waals surface area contributed by atoms with Crippen LogP contribution in [0, 0.1) is 0 Å². The van der Waals surface area contributed by atoms with E-state index in [1.807, 2.05) is 6.92 Å². The molecule has 0 spiro atoms. The summed E-state index contributed by atoms with van der Waals surface area (Å²) in [5.41, 5.74) is 5.61. The van der Waals surface area contributed by atoms with Gasteiger partial charge in [0, 0.05) is 33.8 Å². The van der Waals surface area contributed by atoms with Gasteiger partial charge in [-0.1, -0.05) is 6.92 Å². The molecule has 2 aromatic heterocycles. The van der Waals surface area contributed by atoms with Gasteiger partial charge < -0.3 is 15.0 Å². The molecule has 0 radical (unpaired) electrons. The zero-order valence-corrected chi connectivity index (χ0v) is 12.6. The molecule has 0 aromatic carbocycles. The van der Waals surface area contributed by atoms with Crippen molar-refractivity contribution in [1.82, 2.24) is 18.7 Å². The average Bonchev–Trinajstić information content (AvgIpc) is 2.77. The number of aryl methyl sites for hydroxylation is 2. The van der Waals surface area contributed by atoms with Gasteiger partial charge in [0.25, 0.3) is 5.56 Å². The van der Waals surface area contributed by atoms with E-state index in [-0.39, 0.29) is 30.9 Å². The third kappa shape index (κ3) is 2.52. The standard InChI is InChI=1S/C13H21N5O3/c1-4-6-17-11-10(16(2)9(15-11)8-21-3)12(19)18(7-5-14)13(17)20/h4-8,14H2,1-3H3. The first-order valence-electron chi connectivity index (χ1n) is 6.94. The fraction of sp³-hybridized carbons (Fsp3) is 0.615. The Labute approximate surface area is 121 Å². The second-order valence-electron chi connectivity index (χ2n) is 4.87. The van der Waals surface area contributed by atoms with Crippen LogP contribution in [-0.2, 0) is 31.5 Å². The van der Waals surface area contributed by atoms with E-state index in [1.165, 1.54) is 9.13 Å². The highest BCUT2D eigenvalue weighted by Gasteiger charge is 2.19. The van der Waals surface area contributed by atoms with Crippen molar-refractivity contribution in [2.24, 2.45) is 12.8 Å². The van der Waals surface area contributed by atoms with E-state index in [0.717, 1.165) is 6.42 Å². The van der Waals surface area contributed by atoms with Crippen LogP contribution in [0.1, 0.15) is 19.2 Å². The van der Waals surface area contributed by atoms with Crippen molar-refractivity contribution in [2.75, 3.05) is 13.7 Å².